The number of thioether (sulfide) groups is 1. The van der Waals surface area contributed by atoms with E-state index >= 15 is 0 Å². The highest BCUT2D eigenvalue weighted by molar-refractivity contribution is 7.99. The molecule has 0 radical (unpaired) electrons. The minimum Gasteiger partial charge on any atom is -0.497 e. The Kier molecular flexibility index (Phi) is 5.52. The van der Waals surface area contributed by atoms with E-state index in [1.807, 2.05) is 24.3 Å². The standard InChI is InChI=1S/C20H22N2O3S2/c1-25-14-9-7-13(8-10-14)22-19(24)17-15-5-3-2-4-6-16(15)27-18(17)21-20(22)26-12-11-23/h7-10,23H,2-6,11-12H2,1H3. The normalized spacial score (nSPS) is 14.1. The third kappa shape index (κ3) is 3.51. The number of aromatic nitrogens is 2. The van der Waals surface area contributed by atoms with E-state index in [-0.39, 0.29) is 12.2 Å². The number of thiophene rings is 1. The number of nitrogens with zero attached hydrogens (tertiary/aromatic N) is 2. The number of hydrogen-bond donors (Lipinski definition) is 1. The van der Waals surface area contributed by atoms with Gasteiger partial charge in [-0.15, -0.1) is 11.3 Å². The molecule has 0 saturated heterocycles. The highest BCUT2D eigenvalue weighted by Crippen LogP contribution is 2.34. The maximum Gasteiger partial charge on any atom is 0.267 e. The Hall–Kier alpha value is -1.83. The van der Waals surface area contributed by atoms with Gasteiger partial charge >= 0.3 is 0 Å². The fraction of sp³-hybridized carbons (Fsp3) is 0.400. The number of aryl methyl sites for hydroxylation is 2. The van der Waals surface area contributed by atoms with E-state index in [2.05, 4.69) is 0 Å². The van der Waals surface area contributed by atoms with Gasteiger partial charge in [-0.05, 0) is 55.5 Å². The van der Waals surface area contributed by atoms with Gasteiger partial charge in [-0.2, -0.15) is 0 Å². The maximum atomic E-state index is 13.5. The van der Waals surface area contributed by atoms with Crippen molar-refractivity contribution in [2.75, 3.05) is 19.5 Å². The number of aliphatic hydroxyl groups is 1. The Morgan fingerprint density at radius 3 is 2.74 bits per heavy atom. The van der Waals surface area contributed by atoms with Crippen LogP contribution in [-0.2, 0) is 12.8 Å². The summed E-state index contributed by atoms with van der Waals surface area (Å²) in [5.41, 5.74) is 1.96. The highest BCUT2D eigenvalue weighted by atomic mass is 32.2. The third-order valence-corrected chi connectivity index (χ3v) is 6.97. The minimum atomic E-state index is -0.00925. The number of aliphatic hydroxyl groups excluding tert-OH is 1. The van der Waals surface area contributed by atoms with Crippen LogP contribution in [0.4, 0.5) is 0 Å². The summed E-state index contributed by atoms with van der Waals surface area (Å²) in [6.07, 6.45) is 5.52. The number of benzene rings is 1. The lowest BCUT2D eigenvalue weighted by atomic mass is 10.1. The molecule has 142 valence electrons. The van der Waals surface area contributed by atoms with Gasteiger partial charge in [0.1, 0.15) is 10.6 Å². The van der Waals surface area contributed by atoms with E-state index in [4.69, 9.17) is 9.72 Å². The van der Waals surface area contributed by atoms with Crippen molar-refractivity contribution in [3.05, 3.63) is 45.1 Å². The van der Waals surface area contributed by atoms with Gasteiger partial charge in [0.15, 0.2) is 5.16 Å². The molecular formula is C20H22N2O3S2. The predicted molar refractivity (Wildman–Crippen MR) is 111 cm³/mol. The molecule has 1 aliphatic carbocycles. The molecule has 0 spiro atoms. The van der Waals surface area contributed by atoms with Crippen molar-refractivity contribution in [3.8, 4) is 11.4 Å². The van der Waals surface area contributed by atoms with Crippen LogP contribution in [0.25, 0.3) is 15.9 Å². The zero-order valence-electron chi connectivity index (χ0n) is 15.2. The average molecular weight is 403 g/mol. The van der Waals surface area contributed by atoms with E-state index < -0.39 is 0 Å². The highest BCUT2D eigenvalue weighted by Gasteiger charge is 2.22. The Labute approximate surface area is 166 Å². The summed E-state index contributed by atoms with van der Waals surface area (Å²) in [6, 6.07) is 7.45. The molecule has 0 bridgehead atoms. The first-order chi connectivity index (χ1) is 13.2. The summed E-state index contributed by atoms with van der Waals surface area (Å²) in [6.45, 7) is 0.0438. The second-order valence-electron chi connectivity index (χ2n) is 6.55. The van der Waals surface area contributed by atoms with Crippen LogP contribution in [-0.4, -0.2) is 34.1 Å². The van der Waals surface area contributed by atoms with Crippen LogP contribution in [0.2, 0.25) is 0 Å². The summed E-state index contributed by atoms with van der Waals surface area (Å²) in [7, 11) is 1.62. The van der Waals surface area contributed by atoms with Crippen LogP contribution in [0.5, 0.6) is 5.75 Å². The lowest BCUT2D eigenvalue weighted by Crippen LogP contribution is -2.22. The fourth-order valence-corrected chi connectivity index (χ4v) is 5.61. The number of methoxy groups -OCH3 is 1. The van der Waals surface area contributed by atoms with Crippen molar-refractivity contribution in [1.82, 2.24) is 9.55 Å². The summed E-state index contributed by atoms with van der Waals surface area (Å²) in [5, 5.41) is 10.7. The van der Waals surface area contributed by atoms with Gasteiger partial charge < -0.3 is 9.84 Å². The molecule has 1 aromatic carbocycles. The second-order valence-corrected chi connectivity index (χ2v) is 8.70. The maximum absolute atomic E-state index is 13.5. The van der Waals surface area contributed by atoms with Crippen molar-refractivity contribution in [2.45, 2.75) is 37.3 Å². The van der Waals surface area contributed by atoms with Crippen molar-refractivity contribution < 1.29 is 9.84 Å². The summed E-state index contributed by atoms with van der Waals surface area (Å²) in [4.78, 5) is 20.5. The molecule has 1 aliphatic rings. The molecule has 0 unspecified atom stereocenters. The molecule has 2 heterocycles. The van der Waals surface area contributed by atoms with Gasteiger partial charge in [0.2, 0.25) is 0 Å². The Bertz CT molecular complexity index is 1010. The van der Waals surface area contributed by atoms with Crippen LogP contribution < -0.4 is 10.3 Å². The molecule has 4 rings (SSSR count). The van der Waals surface area contributed by atoms with Crippen LogP contribution in [0, 0.1) is 0 Å². The molecule has 1 N–H and O–H groups in total. The number of hydrogen-bond acceptors (Lipinski definition) is 6. The number of rotatable bonds is 5. The summed E-state index contributed by atoms with van der Waals surface area (Å²) in [5.74, 6) is 1.24. The van der Waals surface area contributed by atoms with E-state index in [1.165, 1.54) is 35.0 Å². The van der Waals surface area contributed by atoms with E-state index in [9.17, 15) is 9.90 Å². The van der Waals surface area contributed by atoms with E-state index in [1.54, 1.807) is 23.0 Å². The molecule has 0 saturated carbocycles. The molecule has 7 heteroatoms. The van der Waals surface area contributed by atoms with Gasteiger partial charge in [0, 0.05) is 10.6 Å². The summed E-state index contributed by atoms with van der Waals surface area (Å²) < 4.78 is 6.92. The zero-order valence-corrected chi connectivity index (χ0v) is 16.9. The molecular weight excluding hydrogens is 380 g/mol. The van der Waals surface area contributed by atoms with Gasteiger partial charge in [0.25, 0.3) is 5.56 Å². The predicted octanol–water partition coefficient (Wildman–Crippen LogP) is 3.81. The van der Waals surface area contributed by atoms with Crippen LogP contribution in [0.3, 0.4) is 0 Å². The van der Waals surface area contributed by atoms with Crippen molar-refractivity contribution in [2.24, 2.45) is 0 Å². The monoisotopic (exact) mass is 402 g/mol. The first-order valence-corrected chi connectivity index (χ1v) is 11.0. The minimum absolute atomic E-state index is 0.00925. The molecule has 27 heavy (non-hydrogen) atoms. The Morgan fingerprint density at radius 2 is 2.00 bits per heavy atom. The SMILES string of the molecule is COc1ccc(-n2c(SCCO)nc3sc4c(c3c2=O)CCCCC4)cc1. The topological polar surface area (TPSA) is 64.3 Å². The number of ether oxygens (including phenoxy) is 1. The molecule has 0 atom stereocenters. The first kappa shape index (κ1) is 18.5. The molecule has 2 aromatic heterocycles. The number of fused-ring (bicyclic) bond motifs is 3. The van der Waals surface area contributed by atoms with Crippen molar-refractivity contribution in [1.29, 1.82) is 0 Å². The average Bonchev–Trinajstić information content (AvgIpc) is 2.88. The first-order valence-electron chi connectivity index (χ1n) is 9.18. The Morgan fingerprint density at radius 1 is 1.22 bits per heavy atom. The van der Waals surface area contributed by atoms with Gasteiger partial charge in [-0.25, -0.2) is 4.98 Å². The lowest BCUT2D eigenvalue weighted by Gasteiger charge is -2.12. The van der Waals surface area contributed by atoms with Gasteiger partial charge in [-0.3, -0.25) is 9.36 Å². The van der Waals surface area contributed by atoms with Crippen LogP contribution in [0.15, 0.2) is 34.2 Å². The smallest absolute Gasteiger partial charge is 0.267 e. The van der Waals surface area contributed by atoms with Crippen molar-refractivity contribution in [3.63, 3.8) is 0 Å². The van der Waals surface area contributed by atoms with Crippen LogP contribution in [0.1, 0.15) is 29.7 Å². The van der Waals surface area contributed by atoms with E-state index in [0.717, 1.165) is 40.9 Å². The fourth-order valence-electron chi connectivity index (χ4n) is 3.56. The van der Waals surface area contributed by atoms with Crippen LogP contribution >= 0.6 is 23.1 Å². The second kappa shape index (κ2) is 8.04. The molecule has 0 amide bonds. The van der Waals surface area contributed by atoms with Crippen molar-refractivity contribution >= 4 is 33.3 Å². The van der Waals surface area contributed by atoms with E-state index in [0.29, 0.717) is 10.9 Å². The third-order valence-electron chi connectivity index (χ3n) is 4.86. The Balaban J connectivity index is 1.94. The molecule has 5 nitrogen and oxygen atoms in total. The molecule has 3 aromatic rings. The lowest BCUT2D eigenvalue weighted by molar-refractivity contribution is 0.322. The quantitative estimate of drug-likeness (QED) is 0.399. The molecule has 0 aliphatic heterocycles. The summed E-state index contributed by atoms with van der Waals surface area (Å²) >= 11 is 3.07. The van der Waals surface area contributed by atoms with Gasteiger partial charge in [-0.1, -0.05) is 18.2 Å². The largest absolute Gasteiger partial charge is 0.497 e. The molecule has 0 fully saturated rings. The zero-order chi connectivity index (χ0) is 18.8. The van der Waals surface area contributed by atoms with Gasteiger partial charge in [0.05, 0.1) is 24.8 Å².